The summed E-state index contributed by atoms with van der Waals surface area (Å²) in [7, 11) is 0. The van der Waals surface area contributed by atoms with Crippen molar-refractivity contribution < 1.29 is 9.90 Å². The van der Waals surface area contributed by atoms with E-state index >= 15 is 0 Å². The molecule has 0 spiro atoms. The molecule has 0 fully saturated rings. The van der Waals surface area contributed by atoms with Gasteiger partial charge in [-0.1, -0.05) is 36.4 Å². The lowest BCUT2D eigenvalue weighted by Gasteiger charge is -2.21. The maximum absolute atomic E-state index is 12.0. The molecule has 2 rings (SSSR count). The number of nitrogens with one attached hydrogen (secondary N) is 1. The number of carbonyl (C=O) groups excluding carboxylic acids is 1. The van der Waals surface area contributed by atoms with Gasteiger partial charge in [0.1, 0.15) is 0 Å². The van der Waals surface area contributed by atoms with Crippen LogP contribution in [0.1, 0.15) is 57.6 Å². The highest BCUT2D eigenvalue weighted by molar-refractivity contribution is 5.97. The maximum Gasteiger partial charge on any atom is 0.160 e. The van der Waals surface area contributed by atoms with E-state index in [1.165, 1.54) is 16.7 Å². The molecule has 128 valence electrons. The molecule has 0 aromatic heterocycles. The zero-order valence-corrected chi connectivity index (χ0v) is 15.0. The summed E-state index contributed by atoms with van der Waals surface area (Å²) in [5, 5.41) is 12.9. The molecule has 24 heavy (non-hydrogen) atoms. The average Bonchev–Trinajstić information content (AvgIpc) is 2.53. The van der Waals surface area contributed by atoms with Crippen molar-refractivity contribution in [1.29, 1.82) is 0 Å². The highest BCUT2D eigenvalue weighted by Gasteiger charge is 2.16. The lowest BCUT2D eigenvalue weighted by Crippen LogP contribution is -2.23. The number of hydrogen-bond acceptors (Lipinski definition) is 3. The number of aliphatic hydroxyl groups excluding tert-OH is 1. The van der Waals surface area contributed by atoms with Crippen molar-refractivity contribution in [3.63, 3.8) is 0 Å². The van der Waals surface area contributed by atoms with Crippen molar-refractivity contribution in [3.05, 3.63) is 69.8 Å². The van der Waals surface area contributed by atoms with Crippen LogP contribution in [-0.2, 0) is 6.54 Å². The predicted molar refractivity (Wildman–Crippen MR) is 98.4 cm³/mol. The highest BCUT2D eigenvalue weighted by atomic mass is 16.3. The molecule has 1 atom stereocenters. The van der Waals surface area contributed by atoms with E-state index < -0.39 is 0 Å². The Labute approximate surface area is 144 Å². The minimum Gasteiger partial charge on any atom is -0.396 e. The summed E-state index contributed by atoms with van der Waals surface area (Å²) in [4.78, 5) is 12.0. The SMILES string of the molecule is CC(=O)c1c(C)cc(C)c(CNC(CCO)c2ccccc2)c1C. The zero-order chi connectivity index (χ0) is 17.7. The third-order valence-corrected chi connectivity index (χ3v) is 4.63. The molecule has 2 N–H and O–H groups in total. The number of carbonyl (C=O) groups is 1. The second-order valence-corrected chi connectivity index (χ2v) is 6.40. The first-order chi connectivity index (χ1) is 11.5. The van der Waals surface area contributed by atoms with Crippen molar-refractivity contribution in [2.75, 3.05) is 6.61 Å². The Bertz CT molecular complexity index is 708. The molecule has 0 saturated heterocycles. The van der Waals surface area contributed by atoms with E-state index in [-0.39, 0.29) is 18.4 Å². The standard InChI is InChI=1S/C21H27NO2/c1-14-12-15(2)21(17(4)24)16(3)19(14)13-22-20(10-11-23)18-8-6-5-7-9-18/h5-9,12,20,22-23H,10-11,13H2,1-4H3. The number of benzene rings is 2. The summed E-state index contributed by atoms with van der Waals surface area (Å²) < 4.78 is 0. The van der Waals surface area contributed by atoms with Crippen LogP contribution in [0.5, 0.6) is 0 Å². The van der Waals surface area contributed by atoms with Gasteiger partial charge in [0.15, 0.2) is 5.78 Å². The second-order valence-electron chi connectivity index (χ2n) is 6.40. The fourth-order valence-corrected chi connectivity index (χ4v) is 3.47. The summed E-state index contributed by atoms with van der Waals surface area (Å²) in [6.07, 6.45) is 0.660. The topological polar surface area (TPSA) is 49.3 Å². The van der Waals surface area contributed by atoms with Crippen LogP contribution in [0.2, 0.25) is 0 Å². The summed E-state index contributed by atoms with van der Waals surface area (Å²) >= 11 is 0. The zero-order valence-electron chi connectivity index (χ0n) is 15.0. The highest BCUT2D eigenvalue weighted by Crippen LogP contribution is 2.24. The Kier molecular flexibility index (Phi) is 6.29. The van der Waals surface area contributed by atoms with Gasteiger partial charge in [-0.3, -0.25) is 4.79 Å². The van der Waals surface area contributed by atoms with Gasteiger partial charge >= 0.3 is 0 Å². The number of hydrogen-bond donors (Lipinski definition) is 2. The van der Waals surface area contributed by atoms with Crippen molar-refractivity contribution in [3.8, 4) is 0 Å². The molecule has 0 bridgehead atoms. The Morgan fingerprint density at radius 2 is 1.79 bits per heavy atom. The number of ketones is 1. The maximum atomic E-state index is 12.0. The van der Waals surface area contributed by atoms with Crippen LogP contribution in [0, 0.1) is 20.8 Å². The van der Waals surface area contributed by atoms with Gasteiger partial charge in [-0.15, -0.1) is 0 Å². The Morgan fingerprint density at radius 3 is 2.38 bits per heavy atom. The quantitative estimate of drug-likeness (QED) is 0.756. The van der Waals surface area contributed by atoms with Crippen LogP contribution in [-0.4, -0.2) is 17.5 Å². The average molecular weight is 325 g/mol. The first kappa shape index (κ1) is 18.4. The van der Waals surface area contributed by atoms with Crippen molar-refractivity contribution >= 4 is 5.78 Å². The summed E-state index contributed by atoms with van der Waals surface area (Å²) in [6, 6.07) is 12.3. The van der Waals surface area contributed by atoms with Crippen molar-refractivity contribution in [1.82, 2.24) is 5.32 Å². The molecule has 0 aliphatic rings. The minimum atomic E-state index is 0.0945. The smallest absolute Gasteiger partial charge is 0.160 e. The molecule has 0 aliphatic carbocycles. The summed E-state index contributed by atoms with van der Waals surface area (Å²) in [5.41, 5.74) is 6.46. The number of Topliss-reactive ketones (excluding diaryl/α,β-unsaturated/α-hetero) is 1. The van der Waals surface area contributed by atoms with E-state index in [2.05, 4.69) is 30.4 Å². The molecule has 0 saturated carbocycles. The largest absolute Gasteiger partial charge is 0.396 e. The summed E-state index contributed by atoms with van der Waals surface area (Å²) in [5.74, 6) is 0.112. The van der Waals surface area contributed by atoms with Gasteiger partial charge in [-0.25, -0.2) is 0 Å². The lowest BCUT2D eigenvalue weighted by molar-refractivity contribution is 0.101. The molecule has 0 heterocycles. The van der Waals surface area contributed by atoms with Crippen LogP contribution in [0.25, 0.3) is 0 Å². The van der Waals surface area contributed by atoms with E-state index in [1.54, 1.807) is 6.92 Å². The Hall–Kier alpha value is -1.97. The molecule has 1 unspecified atom stereocenters. The molecule has 2 aromatic rings. The third kappa shape index (κ3) is 4.11. The van der Waals surface area contributed by atoms with Crippen molar-refractivity contribution in [2.45, 2.75) is 46.7 Å². The summed E-state index contributed by atoms with van der Waals surface area (Å²) in [6.45, 7) is 8.55. The van der Waals surface area contributed by atoms with Crippen LogP contribution in [0.15, 0.2) is 36.4 Å². The fraction of sp³-hybridized carbons (Fsp3) is 0.381. The fourth-order valence-electron chi connectivity index (χ4n) is 3.47. The first-order valence-electron chi connectivity index (χ1n) is 8.45. The van der Waals surface area contributed by atoms with Crippen LogP contribution < -0.4 is 5.32 Å². The monoisotopic (exact) mass is 325 g/mol. The van der Waals surface area contributed by atoms with E-state index in [9.17, 15) is 9.90 Å². The molecular formula is C21H27NO2. The van der Waals surface area contributed by atoms with Crippen molar-refractivity contribution in [2.24, 2.45) is 0 Å². The number of aliphatic hydroxyl groups is 1. The molecule has 0 amide bonds. The van der Waals surface area contributed by atoms with Crippen LogP contribution >= 0.6 is 0 Å². The van der Waals surface area contributed by atoms with E-state index in [0.717, 1.165) is 16.7 Å². The van der Waals surface area contributed by atoms with Gasteiger partial charge in [-0.05, 0) is 61.9 Å². The van der Waals surface area contributed by atoms with Gasteiger partial charge < -0.3 is 10.4 Å². The van der Waals surface area contributed by atoms with Crippen LogP contribution in [0.4, 0.5) is 0 Å². The number of aryl methyl sites for hydroxylation is 2. The molecule has 3 heteroatoms. The Balaban J connectivity index is 2.27. The number of rotatable bonds is 7. The normalized spacial score (nSPS) is 12.2. The molecule has 0 radical (unpaired) electrons. The molecule has 3 nitrogen and oxygen atoms in total. The lowest BCUT2D eigenvalue weighted by atomic mass is 9.91. The van der Waals surface area contributed by atoms with Gasteiger partial charge in [0.05, 0.1) is 0 Å². The van der Waals surface area contributed by atoms with Gasteiger partial charge in [0, 0.05) is 24.8 Å². The Morgan fingerprint density at radius 1 is 1.12 bits per heavy atom. The molecule has 2 aromatic carbocycles. The van der Waals surface area contributed by atoms with E-state index in [0.29, 0.717) is 13.0 Å². The van der Waals surface area contributed by atoms with Gasteiger partial charge in [-0.2, -0.15) is 0 Å². The molecular weight excluding hydrogens is 298 g/mol. The van der Waals surface area contributed by atoms with Gasteiger partial charge in [0.25, 0.3) is 0 Å². The van der Waals surface area contributed by atoms with E-state index in [4.69, 9.17) is 0 Å². The van der Waals surface area contributed by atoms with Gasteiger partial charge in [0.2, 0.25) is 0 Å². The first-order valence-corrected chi connectivity index (χ1v) is 8.45. The third-order valence-electron chi connectivity index (χ3n) is 4.63. The second kappa shape index (κ2) is 8.22. The molecule has 0 aliphatic heterocycles. The van der Waals surface area contributed by atoms with Crippen LogP contribution in [0.3, 0.4) is 0 Å². The predicted octanol–water partition coefficient (Wildman–Crippen LogP) is 4.03. The van der Waals surface area contributed by atoms with E-state index in [1.807, 2.05) is 32.0 Å². The minimum absolute atomic E-state index is 0.0945.